The van der Waals surface area contributed by atoms with E-state index in [1.807, 2.05) is 0 Å². The van der Waals surface area contributed by atoms with E-state index in [0.717, 1.165) is 0 Å². The van der Waals surface area contributed by atoms with Gasteiger partial charge in [0.25, 0.3) is 0 Å². The third kappa shape index (κ3) is 6.91. The first-order valence-electron chi connectivity index (χ1n) is 7.98. The predicted octanol–water partition coefficient (Wildman–Crippen LogP) is 2.63. The zero-order valence-electron chi connectivity index (χ0n) is 14.5. The van der Waals surface area contributed by atoms with Gasteiger partial charge in [0.05, 0.1) is 10.6 Å². The standard InChI is InChI=1S/C18H22FN3O2S.HI/c1-20-18(21-12-11-15-7-5-6-10-17(15)19)22-13-14-25(23,24)16-8-3-2-4-9-16;/h2-10H,11-14H2,1H3,(H2,20,21,22);1H. The Hall–Kier alpha value is -1.68. The maximum atomic E-state index is 13.6. The van der Waals surface area contributed by atoms with Gasteiger partial charge in [-0.05, 0) is 30.2 Å². The van der Waals surface area contributed by atoms with Crippen LogP contribution in [0, 0.1) is 5.82 Å². The van der Waals surface area contributed by atoms with E-state index < -0.39 is 9.84 Å². The normalized spacial score (nSPS) is 11.5. The van der Waals surface area contributed by atoms with Gasteiger partial charge in [0.15, 0.2) is 15.8 Å². The second-order valence-corrected chi connectivity index (χ2v) is 7.51. The largest absolute Gasteiger partial charge is 0.356 e. The number of halogens is 2. The van der Waals surface area contributed by atoms with Gasteiger partial charge in [-0.25, -0.2) is 12.8 Å². The Labute approximate surface area is 171 Å². The number of hydrogen-bond acceptors (Lipinski definition) is 3. The number of aliphatic imine (C=N–C) groups is 1. The molecule has 0 radical (unpaired) electrons. The van der Waals surface area contributed by atoms with E-state index in [-0.39, 0.29) is 42.1 Å². The molecular weight excluding hydrogens is 468 g/mol. The maximum Gasteiger partial charge on any atom is 0.191 e. The molecule has 5 nitrogen and oxygen atoms in total. The molecule has 0 saturated heterocycles. The Morgan fingerprint density at radius 1 is 1.00 bits per heavy atom. The molecule has 0 aliphatic carbocycles. The first-order chi connectivity index (χ1) is 12.0. The van der Waals surface area contributed by atoms with Crippen LogP contribution in [-0.4, -0.2) is 40.3 Å². The highest BCUT2D eigenvalue weighted by molar-refractivity contribution is 14.0. The topological polar surface area (TPSA) is 70.6 Å². The molecule has 0 aliphatic rings. The molecule has 0 aromatic heterocycles. The fourth-order valence-corrected chi connectivity index (χ4v) is 3.47. The molecule has 8 heteroatoms. The Morgan fingerprint density at radius 2 is 1.62 bits per heavy atom. The first kappa shape index (κ1) is 22.4. The Balaban J connectivity index is 0.00000338. The van der Waals surface area contributed by atoms with Gasteiger partial charge >= 0.3 is 0 Å². The molecule has 2 aromatic carbocycles. The van der Waals surface area contributed by atoms with Crippen LogP contribution in [0.4, 0.5) is 4.39 Å². The Kier molecular flexibility index (Phi) is 9.57. The zero-order valence-corrected chi connectivity index (χ0v) is 17.6. The van der Waals surface area contributed by atoms with E-state index in [9.17, 15) is 12.8 Å². The molecule has 0 heterocycles. The van der Waals surface area contributed by atoms with Crippen molar-refractivity contribution < 1.29 is 12.8 Å². The van der Waals surface area contributed by atoms with Crippen molar-refractivity contribution in [3.05, 3.63) is 66.0 Å². The average molecular weight is 491 g/mol. The van der Waals surface area contributed by atoms with Crippen LogP contribution in [0.1, 0.15) is 5.56 Å². The molecule has 0 aliphatic heterocycles. The van der Waals surface area contributed by atoms with Crippen molar-refractivity contribution in [1.82, 2.24) is 10.6 Å². The number of guanidine groups is 1. The van der Waals surface area contributed by atoms with Gasteiger partial charge in [-0.3, -0.25) is 4.99 Å². The van der Waals surface area contributed by atoms with Crippen molar-refractivity contribution in [2.24, 2.45) is 4.99 Å². The molecule has 0 saturated carbocycles. The van der Waals surface area contributed by atoms with Crippen molar-refractivity contribution >= 4 is 39.8 Å². The second-order valence-electron chi connectivity index (χ2n) is 5.40. The highest BCUT2D eigenvalue weighted by Crippen LogP contribution is 2.09. The van der Waals surface area contributed by atoms with Crippen LogP contribution < -0.4 is 10.6 Å². The lowest BCUT2D eigenvalue weighted by Gasteiger charge is -2.12. The summed E-state index contributed by atoms with van der Waals surface area (Å²) in [5, 5.41) is 6.01. The highest BCUT2D eigenvalue weighted by Gasteiger charge is 2.13. The first-order valence-corrected chi connectivity index (χ1v) is 9.64. The molecule has 2 rings (SSSR count). The van der Waals surface area contributed by atoms with Gasteiger partial charge in [-0.2, -0.15) is 0 Å². The lowest BCUT2D eigenvalue weighted by atomic mass is 10.1. The fraction of sp³-hybridized carbons (Fsp3) is 0.278. The molecule has 2 aromatic rings. The van der Waals surface area contributed by atoms with E-state index in [1.165, 1.54) is 6.07 Å². The summed E-state index contributed by atoms with van der Waals surface area (Å²) in [6, 6.07) is 14.9. The smallest absolute Gasteiger partial charge is 0.191 e. The molecule has 0 atom stereocenters. The van der Waals surface area contributed by atoms with Gasteiger partial charge in [0.1, 0.15) is 5.82 Å². The summed E-state index contributed by atoms with van der Waals surface area (Å²) < 4.78 is 37.9. The summed E-state index contributed by atoms with van der Waals surface area (Å²) in [5.74, 6) is 0.214. The number of sulfone groups is 1. The summed E-state index contributed by atoms with van der Waals surface area (Å²) in [4.78, 5) is 4.34. The average Bonchev–Trinajstić information content (AvgIpc) is 2.62. The molecule has 2 N–H and O–H groups in total. The SMILES string of the molecule is CN=C(NCCc1ccccc1F)NCCS(=O)(=O)c1ccccc1.I. The van der Waals surface area contributed by atoms with Crippen molar-refractivity contribution in [2.45, 2.75) is 11.3 Å². The molecular formula is C18H23FIN3O2S. The summed E-state index contributed by atoms with van der Waals surface area (Å²) in [5.41, 5.74) is 0.622. The van der Waals surface area contributed by atoms with Crippen LogP contribution >= 0.6 is 24.0 Å². The van der Waals surface area contributed by atoms with E-state index in [2.05, 4.69) is 15.6 Å². The van der Waals surface area contributed by atoms with Gasteiger partial charge in [0.2, 0.25) is 0 Å². The quantitative estimate of drug-likeness (QED) is 0.355. The summed E-state index contributed by atoms with van der Waals surface area (Å²) in [7, 11) is -1.73. The van der Waals surface area contributed by atoms with E-state index in [1.54, 1.807) is 55.6 Å². The van der Waals surface area contributed by atoms with Gasteiger partial charge in [-0.1, -0.05) is 36.4 Å². The Morgan fingerprint density at radius 3 is 2.27 bits per heavy atom. The number of benzene rings is 2. The minimum absolute atomic E-state index is 0. The molecule has 0 amide bonds. The number of nitrogens with zero attached hydrogens (tertiary/aromatic N) is 1. The van der Waals surface area contributed by atoms with Crippen LogP contribution in [0.2, 0.25) is 0 Å². The van der Waals surface area contributed by atoms with Crippen molar-refractivity contribution in [3.63, 3.8) is 0 Å². The lowest BCUT2D eigenvalue weighted by molar-refractivity contribution is 0.594. The highest BCUT2D eigenvalue weighted by atomic mass is 127. The third-order valence-corrected chi connectivity index (χ3v) is 5.37. The molecule has 0 fully saturated rings. The number of rotatable bonds is 7. The third-order valence-electron chi connectivity index (χ3n) is 3.63. The van der Waals surface area contributed by atoms with Crippen LogP contribution in [0.5, 0.6) is 0 Å². The minimum atomic E-state index is -3.33. The van der Waals surface area contributed by atoms with Gasteiger partial charge in [0, 0.05) is 20.1 Å². The van der Waals surface area contributed by atoms with Gasteiger partial charge in [-0.15, -0.1) is 24.0 Å². The molecule has 142 valence electrons. The maximum absolute atomic E-state index is 13.6. The van der Waals surface area contributed by atoms with Crippen LogP contribution in [-0.2, 0) is 16.3 Å². The van der Waals surface area contributed by atoms with Crippen molar-refractivity contribution in [2.75, 3.05) is 25.9 Å². The van der Waals surface area contributed by atoms with Crippen molar-refractivity contribution in [3.8, 4) is 0 Å². The van der Waals surface area contributed by atoms with E-state index in [4.69, 9.17) is 0 Å². The summed E-state index contributed by atoms with van der Waals surface area (Å²) >= 11 is 0. The number of nitrogens with one attached hydrogen (secondary N) is 2. The zero-order chi connectivity index (χ0) is 18.1. The minimum Gasteiger partial charge on any atom is -0.356 e. The number of hydrogen-bond donors (Lipinski definition) is 2. The molecule has 0 bridgehead atoms. The lowest BCUT2D eigenvalue weighted by Crippen LogP contribution is -2.40. The molecule has 0 unspecified atom stereocenters. The fourth-order valence-electron chi connectivity index (χ4n) is 2.29. The van der Waals surface area contributed by atoms with Crippen molar-refractivity contribution in [1.29, 1.82) is 0 Å². The van der Waals surface area contributed by atoms with E-state index in [0.29, 0.717) is 29.4 Å². The monoisotopic (exact) mass is 491 g/mol. The van der Waals surface area contributed by atoms with E-state index >= 15 is 0 Å². The predicted molar refractivity (Wildman–Crippen MR) is 113 cm³/mol. The van der Waals surface area contributed by atoms with Gasteiger partial charge < -0.3 is 10.6 Å². The van der Waals surface area contributed by atoms with Crippen LogP contribution in [0.25, 0.3) is 0 Å². The molecule has 26 heavy (non-hydrogen) atoms. The summed E-state index contributed by atoms with van der Waals surface area (Å²) in [6.07, 6.45) is 0.510. The molecule has 0 spiro atoms. The van der Waals surface area contributed by atoms with Crippen LogP contribution in [0.15, 0.2) is 64.5 Å². The van der Waals surface area contributed by atoms with Crippen LogP contribution in [0.3, 0.4) is 0 Å². The second kappa shape index (κ2) is 11.1. The summed E-state index contributed by atoms with van der Waals surface area (Å²) in [6.45, 7) is 0.725. The Bertz CT molecular complexity index is 814.